The number of nitrogens with zero attached hydrogens (tertiary/aromatic N) is 2. The molecular formula is C22H22Br2ClN3O. The number of hydrogen-bond donors (Lipinski definition) is 1. The lowest BCUT2D eigenvalue weighted by molar-refractivity contribution is 0.208. The first kappa shape index (κ1) is 22.2. The lowest BCUT2D eigenvalue weighted by Crippen LogP contribution is -2.30. The molecule has 0 atom stereocenters. The maximum atomic E-state index is 6.02. The van der Waals surface area contributed by atoms with Crippen LogP contribution in [0.1, 0.15) is 12.8 Å². The van der Waals surface area contributed by atoms with Gasteiger partial charge in [0.15, 0.2) is 0 Å². The molecule has 2 heterocycles. The molecule has 0 amide bonds. The number of nitrogens with one attached hydrogen (secondary N) is 1. The molecule has 0 radical (unpaired) electrons. The van der Waals surface area contributed by atoms with Crippen molar-refractivity contribution in [1.82, 2.24) is 15.3 Å². The summed E-state index contributed by atoms with van der Waals surface area (Å²) in [7, 11) is 0. The van der Waals surface area contributed by atoms with Gasteiger partial charge in [0, 0.05) is 20.1 Å². The van der Waals surface area contributed by atoms with Crippen LogP contribution in [0.2, 0.25) is 0 Å². The molecule has 4 rings (SSSR count). The Morgan fingerprint density at radius 2 is 1.41 bits per heavy atom. The van der Waals surface area contributed by atoms with Crippen LogP contribution >= 0.6 is 44.3 Å². The molecule has 29 heavy (non-hydrogen) atoms. The number of benzene rings is 2. The molecule has 0 unspecified atom stereocenters. The van der Waals surface area contributed by atoms with Crippen LogP contribution in [0.25, 0.3) is 22.5 Å². The highest BCUT2D eigenvalue weighted by Crippen LogP contribution is 2.32. The second-order valence-electron chi connectivity index (χ2n) is 6.92. The van der Waals surface area contributed by atoms with Gasteiger partial charge in [-0.25, -0.2) is 9.97 Å². The summed E-state index contributed by atoms with van der Waals surface area (Å²) in [6.07, 6.45) is 4.02. The topological polar surface area (TPSA) is 47.0 Å². The van der Waals surface area contributed by atoms with E-state index in [9.17, 15) is 0 Å². The summed E-state index contributed by atoms with van der Waals surface area (Å²) in [5, 5.41) is 3.39. The largest absolute Gasteiger partial charge is 0.476 e. The minimum Gasteiger partial charge on any atom is -0.476 e. The summed E-state index contributed by atoms with van der Waals surface area (Å²) in [5.74, 6) is 1.16. The van der Waals surface area contributed by atoms with Crippen LogP contribution in [0.5, 0.6) is 5.88 Å². The smallest absolute Gasteiger partial charge is 0.232 e. The molecule has 3 aromatic rings. The van der Waals surface area contributed by atoms with Crippen molar-refractivity contribution in [3.8, 4) is 28.4 Å². The van der Waals surface area contributed by atoms with Crippen molar-refractivity contribution < 1.29 is 4.74 Å². The van der Waals surface area contributed by atoms with Crippen molar-refractivity contribution in [1.29, 1.82) is 0 Å². The highest BCUT2D eigenvalue weighted by atomic mass is 79.9. The minimum atomic E-state index is 0. The number of piperidine rings is 1. The van der Waals surface area contributed by atoms with E-state index < -0.39 is 0 Å². The Kier molecular flexibility index (Phi) is 8.07. The van der Waals surface area contributed by atoms with Crippen molar-refractivity contribution in [3.05, 3.63) is 63.7 Å². The van der Waals surface area contributed by atoms with Crippen LogP contribution in [-0.4, -0.2) is 29.7 Å². The van der Waals surface area contributed by atoms with E-state index in [1.54, 1.807) is 6.20 Å². The molecule has 0 bridgehead atoms. The first-order valence-corrected chi connectivity index (χ1v) is 11.0. The van der Waals surface area contributed by atoms with Crippen molar-refractivity contribution in [2.45, 2.75) is 12.8 Å². The van der Waals surface area contributed by atoms with Crippen LogP contribution < -0.4 is 10.1 Å². The van der Waals surface area contributed by atoms with Gasteiger partial charge in [0.1, 0.15) is 5.69 Å². The van der Waals surface area contributed by atoms with Gasteiger partial charge in [-0.1, -0.05) is 56.1 Å². The van der Waals surface area contributed by atoms with Crippen molar-refractivity contribution in [2.75, 3.05) is 19.7 Å². The van der Waals surface area contributed by atoms with Gasteiger partial charge < -0.3 is 10.1 Å². The van der Waals surface area contributed by atoms with Crippen LogP contribution in [-0.2, 0) is 0 Å². The molecule has 0 spiro atoms. The zero-order valence-electron chi connectivity index (χ0n) is 15.8. The van der Waals surface area contributed by atoms with E-state index in [-0.39, 0.29) is 12.4 Å². The molecule has 0 saturated carbocycles. The maximum absolute atomic E-state index is 6.02. The summed E-state index contributed by atoms with van der Waals surface area (Å²) in [4.78, 5) is 9.54. The van der Waals surface area contributed by atoms with Crippen molar-refractivity contribution in [3.63, 3.8) is 0 Å². The predicted molar refractivity (Wildman–Crippen MR) is 127 cm³/mol. The summed E-state index contributed by atoms with van der Waals surface area (Å²) < 4.78 is 8.10. The van der Waals surface area contributed by atoms with Gasteiger partial charge in [-0.3, -0.25) is 0 Å². The Hall–Kier alpha value is -1.47. The molecule has 1 saturated heterocycles. The van der Waals surface area contributed by atoms with E-state index in [1.807, 2.05) is 48.5 Å². The summed E-state index contributed by atoms with van der Waals surface area (Å²) in [6, 6.07) is 16.3. The lowest BCUT2D eigenvalue weighted by Gasteiger charge is -2.22. The Labute approximate surface area is 194 Å². The highest BCUT2D eigenvalue weighted by Gasteiger charge is 2.16. The molecule has 1 aliphatic heterocycles. The summed E-state index contributed by atoms with van der Waals surface area (Å²) >= 11 is 7.00. The average Bonchev–Trinajstić information content (AvgIpc) is 2.74. The Morgan fingerprint density at radius 1 is 0.862 bits per heavy atom. The third-order valence-electron chi connectivity index (χ3n) is 4.91. The third kappa shape index (κ3) is 5.79. The molecule has 0 aliphatic carbocycles. The molecule has 1 aliphatic rings. The number of rotatable bonds is 5. The predicted octanol–water partition coefficient (Wildman–Crippen LogP) is 6.14. The second kappa shape index (κ2) is 10.5. The van der Waals surface area contributed by atoms with E-state index in [1.165, 1.54) is 0 Å². The zero-order chi connectivity index (χ0) is 19.3. The van der Waals surface area contributed by atoms with Crippen LogP contribution in [0, 0.1) is 5.92 Å². The number of halogens is 3. The normalized spacial score (nSPS) is 14.3. The molecule has 1 aromatic heterocycles. The van der Waals surface area contributed by atoms with Gasteiger partial charge in [0.25, 0.3) is 0 Å². The monoisotopic (exact) mass is 537 g/mol. The highest BCUT2D eigenvalue weighted by molar-refractivity contribution is 9.10. The van der Waals surface area contributed by atoms with Gasteiger partial charge in [-0.15, -0.1) is 12.4 Å². The third-order valence-corrected chi connectivity index (χ3v) is 5.97. The number of ether oxygens (including phenoxy) is 1. The standard InChI is InChI=1S/C22H21Br2N3O.ClH/c23-18-5-1-16(2-6-18)21-22(17-3-7-19(24)8-4-17)27-20(13-26-21)28-14-15-9-11-25-12-10-15;/h1-8,13,15,25H,9-12,14H2;1H. The fourth-order valence-electron chi connectivity index (χ4n) is 3.32. The van der Waals surface area contributed by atoms with Gasteiger partial charge in [-0.05, 0) is 56.1 Å². The van der Waals surface area contributed by atoms with Crippen LogP contribution in [0.4, 0.5) is 0 Å². The van der Waals surface area contributed by atoms with Crippen LogP contribution in [0.15, 0.2) is 63.7 Å². The second-order valence-corrected chi connectivity index (χ2v) is 8.75. The van der Waals surface area contributed by atoms with Gasteiger partial charge in [0.2, 0.25) is 5.88 Å². The van der Waals surface area contributed by atoms with Gasteiger partial charge >= 0.3 is 0 Å². The van der Waals surface area contributed by atoms with E-state index in [0.717, 1.165) is 57.4 Å². The Bertz CT molecular complexity index is 930. The first-order chi connectivity index (χ1) is 13.7. The van der Waals surface area contributed by atoms with Crippen LogP contribution in [0.3, 0.4) is 0 Å². The molecule has 152 valence electrons. The number of hydrogen-bond acceptors (Lipinski definition) is 4. The fraction of sp³-hybridized carbons (Fsp3) is 0.273. The number of aromatic nitrogens is 2. The first-order valence-electron chi connectivity index (χ1n) is 9.41. The molecule has 1 N–H and O–H groups in total. The van der Waals surface area contributed by atoms with Gasteiger partial charge in [-0.2, -0.15) is 0 Å². The fourth-order valence-corrected chi connectivity index (χ4v) is 3.85. The Balaban J connectivity index is 0.00000240. The van der Waals surface area contributed by atoms with Gasteiger partial charge in [0.05, 0.1) is 18.5 Å². The quantitative estimate of drug-likeness (QED) is 0.423. The maximum Gasteiger partial charge on any atom is 0.232 e. The van der Waals surface area contributed by atoms with E-state index in [4.69, 9.17) is 14.7 Å². The minimum absolute atomic E-state index is 0. The average molecular weight is 540 g/mol. The molecule has 7 heteroatoms. The molecule has 2 aromatic carbocycles. The van der Waals surface area contributed by atoms with Crippen molar-refractivity contribution >= 4 is 44.3 Å². The molecule has 4 nitrogen and oxygen atoms in total. The summed E-state index contributed by atoms with van der Waals surface area (Å²) in [5.41, 5.74) is 3.72. The molecular weight excluding hydrogens is 518 g/mol. The molecule has 1 fully saturated rings. The Morgan fingerprint density at radius 3 is 2.00 bits per heavy atom. The van der Waals surface area contributed by atoms with E-state index >= 15 is 0 Å². The van der Waals surface area contributed by atoms with E-state index in [2.05, 4.69) is 37.2 Å². The zero-order valence-corrected chi connectivity index (χ0v) is 19.8. The summed E-state index contributed by atoms with van der Waals surface area (Å²) in [6.45, 7) is 2.81. The van der Waals surface area contributed by atoms with Crippen molar-refractivity contribution in [2.24, 2.45) is 5.92 Å². The SMILES string of the molecule is Brc1ccc(-c2ncc(OCC3CCNCC3)nc2-c2ccc(Br)cc2)cc1.Cl. The lowest BCUT2D eigenvalue weighted by atomic mass is 9.99. The van der Waals surface area contributed by atoms with E-state index in [0.29, 0.717) is 18.4 Å².